The maximum atomic E-state index is 11.9. The average molecular weight is 277 g/mol. The molecule has 110 valence electrons. The number of aryl methyl sites for hydroxylation is 1. The van der Waals surface area contributed by atoms with E-state index < -0.39 is 0 Å². The third-order valence-electron chi connectivity index (χ3n) is 3.43. The SMILES string of the molecule is Cc1cccc(OCCNC(=O)N2CCN(C)CC2)c1. The molecular formula is C15H23N3O2. The Morgan fingerprint density at radius 1 is 1.30 bits per heavy atom. The van der Waals surface area contributed by atoms with Crippen molar-refractivity contribution < 1.29 is 9.53 Å². The van der Waals surface area contributed by atoms with Gasteiger partial charge in [-0.05, 0) is 31.7 Å². The molecule has 0 aromatic heterocycles. The minimum absolute atomic E-state index is 0.00550. The molecule has 1 aromatic rings. The van der Waals surface area contributed by atoms with Gasteiger partial charge in [0.15, 0.2) is 0 Å². The number of ether oxygens (including phenoxy) is 1. The Kier molecular flexibility index (Phi) is 5.24. The van der Waals surface area contributed by atoms with Gasteiger partial charge in [0, 0.05) is 26.2 Å². The highest BCUT2D eigenvalue weighted by atomic mass is 16.5. The third-order valence-corrected chi connectivity index (χ3v) is 3.43. The van der Waals surface area contributed by atoms with Crippen LogP contribution in [0, 0.1) is 6.92 Å². The zero-order chi connectivity index (χ0) is 14.4. The molecule has 2 amide bonds. The first-order chi connectivity index (χ1) is 9.65. The lowest BCUT2D eigenvalue weighted by atomic mass is 10.2. The molecule has 0 spiro atoms. The zero-order valence-corrected chi connectivity index (χ0v) is 12.3. The molecule has 0 bridgehead atoms. The van der Waals surface area contributed by atoms with E-state index in [9.17, 15) is 4.79 Å². The van der Waals surface area contributed by atoms with Crippen LogP contribution in [0.25, 0.3) is 0 Å². The van der Waals surface area contributed by atoms with Gasteiger partial charge in [0.2, 0.25) is 0 Å². The molecule has 1 aromatic carbocycles. The first-order valence-electron chi connectivity index (χ1n) is 7.06. The van der Waals surface area contributed by atoms with Crippen LogP contribution in [0.5, 0.6) is 5.75 Å². The van der Waals surface area contributed by atoms with Gasteiger partial charge in [-0.3, -0.25) is 0 Å². The van der Waals surface area contributed by atoms with Gasteiger partial charge < -0.3 is 19.9 Å². The van der Waals surface area contributed by atoms with Crippen LogP contribution >= 0.6 is 0 Å². The number of hydrogen-bond acceptors (Lipinski definition) is 3. The molecule has 1 aliphatic heterocycles. The number of carbonyl (C=O) groups excluding carboxylic acids is 1. The van der Waals surface area contributed by atoms with E-state index in [2.05, 4.69) is 17.3 Å². The number of rotatable bonds is 4. The summed E-state index contributed by atoms with van der Waals surface area (Å²) in [7, 11) is 2.07. The van der Waals surface area contributed by atoms with E-state index in [1.54, 1.807) is 0 Å². The highest BCUT2D eigenvalue weighted by Gasteiger charge is 2.18. The highest BCUT2D eigenvalue weighted by Crippen LogP contribution is 2.11. The number of benzene rings is 1. The van der Waals surface area contributed by atoms with Crippen molar-refractivity contribution in [3.63, 3.8) is 0 Å². The number of carbonyl (C=O) groups is 1. The van der Waals surface area contributed by atoms with E-state index in [1.165, 1.54) is 5.56 Å². The average Bonchev–Trinajstić information content (AvgIpc) is 2.44. The molecule has 0 unspecified atom stereocenters. The lowest BCUT2D eigenvalue weighted by Gasteiger charge is -2.32. The molecule has 20 heavy (non-hydrogen) atoms. The standard InChI is InChI=1S/C15H23N3O2/c1-13-4-3-5-14(12-13)20-11-6-16-15(19)18-9-7-17(2)8-10-18/h3-5,12H,6-11H2,1-2H3,(H,16,19). The Balaban J connectivity index is 1.64. The summed E-state index contributed by atoms with van der Waals surface area (Å²) in [6, 6.07) is 7.92. The summed E-state index contributed by atoms with van der Waals surface area (Å²) in [5, 5.41) is 2.90. The van der Waals surface area contributed by atoms with Gasteiger partial charge in [0.05, 0.1) is 6.54 Å². The van der Waals surface area contributed by atoms with Crippen LogP contribution in [-0.2, 0) is 0 Å². The largest absolute Gasteiger partial charge is 0.492 e. The zero-order valence-electron chi connectivity index (χ0n) is 12.3. The topological polar surface area (TPSA) is 44.8 Å². The van der Waals surface area contributed by atoms with Gasteiger partial charge in [-0.25, -0.2) is 4.79 Å². The molecule has 1 N–H and O–H groups in total. The van der Waals surface area contributed by atoms with Gasteiger partial charge in [0.25, 0.3) is 0 Å². The van der Waals surface area contributed by atoms with Crippen molar-refractivity contribution in [1.82, 2.24) is 15.1 Å². The van der Waals surface area contributed by atoms with Crippen LogP contribution in [0.4, 0.5) is 4.79 Å². The van der Waals surface area contributed by atoms with Crippen LogP contribution in [0.2, 0.25) is 0 Å². The number of amides is 2. The molecule has 1 saturated heterocycles. The van der Waals surface area contributed by atoms with Gasteiger partial charge >= 0.3 is 6.03 Å². The van der Waals surface area contributed by atoms with Gasteiger partial charge in [-0.2, -0.15) is 0 Å². The van der Waals surface area contributed by atoms with Crippen molar-refractivity contribution in [1.29, 1.82) is 0 Å². The predicted octanol–water partition coefficient (Wildman–Crippen LogP) is 1.33. The number of urea groups is 1. The fraction of sp³-hybridized carbons (Fsp3) is 0.533. The summed E-state index contributed by atoms with van der Waals surface area (Å²) in [6.07, 6.45) is 0. The quantitative estimate of drug-likeness (QED) is 0.845. The highest BCUT2D eigenvalue weighted by molar-refractivity contribution is 5.74. The molecule has 0 aliphatic carbocycles. The molecule has 1 heterocycles. The van der Waals surface area contributed by atoms with Crippen LogP contribution in [-0.4, -0.2) is 62.2 Å². The Hall–Kier alpha value is -1.75. The molecule has 0 radical (unpaired) electrons. The predicted molar refractivity (Wildman–Crippen MR) is 79.1 cm³/mol. The number of likely N-dealkylation sites (N-methyl/N-ethyl adjacent to an activating group) is 1. The summed E-state index contributed by atoms with van der Waals surface area (Å²) in [4.78, 5) is 16.0. The van der Waals surface area contributed by atoms with E-state index in [-0.39, 0.29) is 6.03 Å². The van der Waals surface area contributed by atoms with Crippen LogP contribution in [0.1, 0.15) is 5.56 Å². The minimum atomic E-state index is 0.00550. The Morgan fingerprint density at radius 3 is 2.75 bits per heavy atom. The van der Waals surface area contributed by atoms with Crippen molar-refractivity contribution >= 4 is 6.03 Å². The van der Waals surface area contributed by atoms with E-state index >= 15 is 0 Å². The maximum Gasteiger partial charge on any atom is 0.317 e. The first kappa shape index (κ1) is 14.7. The number of nitrogens with one attached hydrogen (secondary N) is 1. The van der Waals surface area contributed by atoms with E-state index in [0.29, 0.717) is 13.2 Å². The Labute approximate surface area is 120 Å². The summed E-state index contributed by atoms with van der Waals surface area (Å²) in [6.45, 7) is 6.51. The summed E-state index contributed by atoms with van der Waals surface area (Å²) < 4.78 is 5.60. The smallest absolute Gasteiger partial charge is 0.317 e. The van der Waals surface area contributed by atoms with Crippen LogP contribution in [0.15, 0.2) is 24.3 Å². The molecule has 2 rings (SSSR count). The summed E-state index contributed by atoms with van der Waals surface area (Å²) >= 11 is 0. The van der Waals surface area contributed by atoms with Crippen molar-refractivity contribution in [2.24, 2.45) is 0 Å². The summed E-state index contributed by atoms with van der Waals surface area (Å²) in [5.41, 5.74) is 1.17. The lowest BCUT2D eigenvalue weighted by molar-refractivity contribution is 0.153. The van der Waals surface area contributed by atoms with Crippen molar-refractivity contribution in [2.45, 2.75) is 6.92 Å². The molecule has 1 aliphatic rings. The minimum Gasteiger partial charge on any atom is -0.492 e. The lowest BCUT2D eigenvalue weighted by Crippen LogP contribution is -2.51. The molecule has 0 saturated carbocycles. The van der Waals surface area contributed by atoms with Crippen molar-refractivity contribution in [2.75, 3.05) is 46.4 Å². The number of nitrogens with zero attached hydrogens (tertiary/aromatic N) is 2. The van der Waals surface area contributed by atoms with Crippen LogP contribution < -0.4 is 10.1 Å². The molecule has 5 nitrogen and oxygen atoms in total. The fourth-order valence-corrected chi connectivity index (χ4v) is 2.15. The molecule has 5 heteroatoms. The summed E-state index contributed by atoms with van der Waals surface area (Å²) in [5.74, 6) is 0.846. The van der Waals surface area contributed by atoms with Gasteiger partial charge in [-0.15, -0.1) is 0 Å². The van der Waals surface area contributed by atoms with Gasteiger partial charge in [-0.1, -0.05) is 12.1 Å². The first-order valence-corrected chi connectivity index (χ1v) is 7.06. The maximum absolute atomic E-state index is 11.9. The van der Waals surface area contributed by atoms with Crippen LogP contribution in [0.3, 0.4) is 0 Å². The fourth-order valence-electron chi connectivity index (χ4n) is 2.15. The van der Waals surface area contributed by atoms with E-state index in [1.807, 2.05) is 36.1 Å². The van der Waals surface area contributed by atoms with E-state index in [4.69, 9.17) is 4.74 Å². The second-order valence-corrected chi connectivity index (χ2v) is 5.19. The number of hydrogen-bond donors (Lipinski definition) is 1. The second-order valence-electron chi connectivity index (χ2n) is 5.19. The Bertz CT molecular complexity index is 442. The van der Waals surface area contributed by atoms with Crippen molar-refractivity contribution in [3.8, 4) is 5.75 Å². The Morgan fingerprint density at radius 2 is 2.05 bits per heavy atom. The monoisotopic (exact) mass is 277 g/mol. The van der Waals surface area contributed by atoms with Gasteiger partial charge in [0.1, 0.15) is 12.4 Å². The van der Waals surface area contributed by atoms with Crippen molar-refractivity contribution in [3.05, 3.63) is 29.8 Å². The second kappa shape index (κ2) is 7.14. The molecule has 0 atom stereocenters. The van der Waals surface area contributed by atoms with E-state index in [0.717, 1.165) is 31.9 Å². The molecular weight excluding hydrogens is 254 g/mol. The third kappa shape index (κ3) is 4.42. The number of piperazine rings is 1. The normalized spacial score (nSPS) is 16.0. The molecule has 1 fully saturated rings.